The SMILES string of the molecule is CCc1oc2cccc(Cl)c2c1C(=O)c1ccc(O)cc1. The van der Waals surface area contributed by atoms with E-state index in [0.29, 0.717) is 39.3 Å². The Bertz CT molecular complexity index is 816. The lowest BCUT2D eigenvalue weighted by atomic mass is 9.99. The molecule has 0 saturated carbocycles. The topological polar surface area (TPSA) is 50.4 Å². The highest BCUT2D eigenvalue weighted by molar-refractivity contribution is 6.37. The molecule has 0 atom stereocenters. The fraction of sp³-hybridized carbons (Fsp3) is 0.118. The van der Waals surface area contributed by atoms with Crippen molar-refractivity contribution in [1.82, 2.24) is 0 Å². The summed E-state index contributed by atoms with van der Waals surface area (Å²) in [5, 5.41) is 10.5. The highest BCUT2D eigenvalue weighted by Crippen LogP contribution is 2.33. The zero-order valence-electron chi connectivity index (χ0n) is 11.4. The Labute approximate surface area is 126 Å². The molecule has 0 amide bonds. The van der Waals surface area contributed by atoms with E-state index in [1.54, 1.807) is 30.3 Å². The number of ketones is 1. The highest BCUT2D eigenvalue weighted by atomic mass is 35.5. The van der Waals surface area contributed by atoms with Gasteiger partial charge < -0.3 is 9.52 Å². The van der Waals surface area contributed by atoms with Crippen molar-refractivity contribution in [2.75, 3.05) is 0 Å². The molecule has 3 nitrogen and oxygen atoms in total. The summed E-state index contributed by atoms with van der Waals surface area (Å²) in [6.07, 6.45) is 0.601. The second-order valence-electron chi connectivity index (χ2n) is 4.74. The number of hydrogen-bond donors (Lipinski definition) is 1. The van der Waals surface area contributed by atoms with E-state index < -0.39 is 0 Å². The summed E-state index contributed by atoms with van der Waals surface area (Å²) < 4.78 is 5.74. The number of benzene rings is 2. The third-order valence-corrected chi connectivity index (χ3v) is 3.73. The Morgan fingerprint density at radius 3 is 2.57 bits per heavy atom. The molecule has 0 spiro atoms. The van der Waals surface area contributed by atoms with Gasteiger partial charge in [-0.1, -0.05) is 24.6 Å². The molecule has 0 aliphatic rings. The van der Waals surface area contributed by atoms with Gasteiger partial charge in [-0.05, 0) is 36.4 Å². The van der Waals surface area contributed by atoms with Crippen LogP contribution in [0.5, 0.6) is 5.75 Å². The van der Waals surface area contributed by atoms with Crippen LogP contribution in [0.15, 0.2) is 46.9 Å². The number of carbonyl (C=O) groups is 1. The summed E-state index contributed by atoms with van der Waals surface area (Å²) in [7, 11) is 0. The van der Waals surface area contributed by atoms with Crippen LogP contribution in [0.1, 0.15) is 28.6 Å². The second-order valence-corrected chi connectivity index (χ2v) is 5.15. The summed E-state index contributed by atoms with van der Waals surface area (Å²) in [6.45, 7) is 1.93. The molecule has 2 aromatic carbocycles. The van der Waals surface area contributed by atoms with Gasteiger partial charge in [-0.3, -0.25) is 4.79 Å². The average molecular weight is 301 g/mol. The molecule has 1 N–H and O–H groups in total. The van der Waals surface area contributed by atoms with Gasteiger partial charge >= 0.3 is 0 Å². The second kappa shape index (κ2) is 5.26. The molecule has 0 fully saturated rings. The number of rotatable bonds is 3. The lowest BCUT2D eigenvalue weighted by Gasteiger charge is -2.03. The standard InChI is InChI=1S/C17H13ClO3/c1-2-13-16(15-12(18)4-3-5-14(15)21-13)17(20)10-6-8-11(19)9-7-10/h3-9,19H,2H2,1H3. The van der Waals surface area contributed by atoms with Crippen LogP contribution in [-0.2, 0) is 6.42 Å². The minimum absolute atomic E-state index is 0.123. The Balaban J connectivity index is 2.23. The Kier molecular flexibility index (Phi) is 3.43. The van der Waals surface area contributed by atoms with Gasteiger partial charge in [0.05, 0.1) is 16.0 Å². The normalized spacial score (nSPS) is 11.0. The molecule has 0 aliphatic heterocycles. The number of phenolic OH excluding ortho intramolecular Hbond substituents is 1. The van der Waals surface area contributed by atoms with Crippen LogP contribution in [-0.4, -0.2) is 10.9 Å². The third kappa shape index (κ3) is 2.30. The van der Waals surface area contributed by atoms with Crippen molar-refractivity contribution in [1.29, 1.82) is 0 Å². The molecule has 0 aliphatic carbocycles. The fourth-order valence-electron chi connectivity index (χ4n) is 2.40. The molecule has 0 unspecified atom stereocenters. The van der Waals surface area contributed by atoms with Crippen molar-refractivity contribution >= 4 is 28.4 Å². The van der Waals surface area contributed by atoms with E-state index in [4.69, 9.17) is 16.0 Å². The number of carbonyl (C=O) groups excluding carboxylic acids is 1. The fourth-order valence-corrected chi connectivity index (χ4v) is 2.66. The zero-order chi connectivity index (χ0) is 15.0. The average Bonchev–Trinajstić information content (AvgIpc) is 2.87. The van der Waals surface area contributed by atoms with Gasteiger partial charge in [0, 0.05) is 12.0 Å². The molecule has 0 saturated heterocycles. The lowest BCUT2D eigenvalue weighted by molar-refractivity contribution is 0.103. The Morgan fingerprint density at radius 1 is 1.19 bits per heavy atom. The maximum atomic E-state index is 12.8. The van der Waals surface area contributed by atoms with Crippen LogP contribution in [0, 0.1) is 0 Å². The predicted octanol–water partition coefficient (Wildman–Crippen LogP) is 4.59. The van der Waals surface area contributed by atoms with Crippen molar-refractivity contribution in [3.8, 4) is 5.75 Å². The van der Waals surface area contributed by atoms with E-state index in [1.807, 2.05) is 6.92 Å². The number of furan rings is 1. The zero-order valence-corrected chi connectivity index (χ0v) is 12.1. The molecule has 21 heavy (non-hydrogen) atoms. The van der Waals surface area contributed by atoms with Crippen LogP contribution in [0.4, 0.5) is 0 Å². The van der Waals surface area contributed by atoms with Gasteiger partial charge in [0.1, 0.15) is 17.1 Å². The Morgan fingerprint density at radius 2 is 1.90 bits per heavy atom. The van der Waals surface area contributed by atoms with E-state index in [2.05, 4.69) is 0 Å². The highest BCUT2D eigenvalue weighted by Gasteiger charge is 2.22. The number of aromatic hydroxyl groups is 1. The van der Waals surface area contributed by atoms with Crippen LogP contribution in [0.25, 0.3) is 11.0 Å². The van der Waals surface area contributed by atoms with Crippen LogP contribution >= 0.6 is 11.6 Å². The minimum Gasteiger partial charge on any atom is -0.508 e. The van der Waals surface area contributed by atoms with E-state index in [9.17, 15) is 9.90 Å². The van der Waals surface area contributed by atoms with E-state index in [0.717, 1.165) is 0 Å². The molecule has 0 bridgehead atoms. The van der Waals surface area contributed by atoms with Crippen molar-refractivity contribution in [2.45, 2.75) is 13.3 Å². The minimum atomic E-state index is -0.154. The van der Waals surface area contributed by atoms with Crippen LogP contribution in [0.3, 0.4) is 0 Å². The maximum Gasteiger partial charge on any atom is 0.197 e. The molecule has 3 aromatic rings. The van der Waals surface area contributed by atoms with Gasteiger partial charge in [-0.15, -0.1) is 0 Å². The predicted molar refractivity (Wildman–Crippen MR) is 82.1 cm³/mol. The van der Waals surface area contributed by atoms with Crippen molar-refractivity contribution in [3.05, 3.63) is 64.4 Å². The van der Waals surface area contributed by atoms with Crippen molar-refractivity contribution in [3.63, 3.8) is 0 Å². The molecule has 106 valence electrons. The number of hydrogen-bond acceptors (Lipinski definition) is 3. The molecule has 4 heteroatoms. The Hall–Kier alpha value is -2.26. The number of phenols is 1. The first-order valence-electron chi connectivity index (χ1n) is 6.65. The molecular formula is C17H13ClO3. The molecule has 1 heterocycles. The summed E-state index contributed by atoms with van der Waals surface area (Å²) in [5.41, 5.74) is 1.61. The molecule has 3 rings (SSSR count). The smallest absolute Gasteiger partial charge is 0.197 e. The maximum absolute atomic E-state index is 12.8. The summed E-state index contributed by atoms with van der Waals surface area (Å²) in [4.78, 5) is 12.8. The largest absolute Gasteiger partial charge is 0.508 e. The van der Waals surface area contributed by atoms with Gasteiger partial charge in [0.25, 0.3) is 0 Å². The summed E-state index contributed by atoms with van der Waals surface area (Å²) in [6, 6.07) is 11.5. The van der Waals surface area contributed by atoms with Gasteiger partial charge in [0.2, 0.25) is 0 Å². The summed E-state index contributed by atoms with van der Waals surface area (Å²) in [5.74, 6) is 0.590. The molecule has 1 aromatic heterocycles. The van der Waals surface area contributed by atoms with Crippen molar-refractivity contribution in [2.24, 2.45) is 0 Å². The summed E-state index contributed by atoms with van der Waals surface area (Å²) >= 11 is 6.24. The first kappa shape index (κ1) is 13.7. The molecular weight excluding hydrogens is 288 g/mol. The third-order valence-electron chi connectivity index (χ3n) is 3.42. The molecule has 0 radical (unpaired) electrons. The van der Waals surface area contributed by atoms with Crippen LogP contribution in [0.2, 0.25) is 5.02 Å². The number of halogens is 1. The van der Waals surface area contributed by atoms with Gasteiger partial charge in [-0.2, -0.15) is 0 Å². The van der Waals surface area contributed by atoms with E-state index in [-0.39, 0.29) is 11.5 Å². The first-order chi connectivity index (χ1) is 10.1. The quantitative estimate of drug-likeness (QED) is 0.720. The lowest BCUT2D eigenvalue weighted by Crippen LogP contribution is -2.03. The monoisotopic (exact) mass is 300 g/mol. The first-order valence-corrected chi connectivity index (χ1v) is 7.03. The number of aryl methyl sites for hydroxylation is 1. The number of fused-ring (bicyclic) bond motifs is 1. The van der Waals surface area contributed by atoms with Crippen molar-refractivity contribution < 1.29 is 14.3 Å². The van der Waals surface area contributed by atoms with E-state index in [1.165, 1.54) is 12.1 Å². The van der Waals surface area contributed by atoms with Gasteiger partial charge in [-0.25, -0.2) is 0 Å². The van der Waals surface area contributed by atoms with E-state index >= 15 is 0 Å². The van der Waals surface area contributed by atoms with Crippen LogP contribution < -0.4 is 0 Å². The van der Waals surface area contributed by atoms with Gasteiger partial charge in [0.15, 0.2) is 5.78 Å².